The number of carbonyl (C=O) groups is 1. The fourth-order valence-electron chi connectivity index (χ4n) is 2.16. The van der Waals surface area contributed by atoms with Crippen molar-refractivity contribution in [3.05, 3.63) is 61.3 Å². The van der Waals surface area contributed by atoms with Crippen molar-refractivity contribution in [2.24, 2.45) is 0 Å². The lowest BCUT2D eigenvalue weighted by atomic mass is 10.1. The van der Waals surface area contributed by atoms with Gasteiger partial charge in [-0.3, -0.25) is 0 Å². The van der Waals surface area contributed by atoms with Gasteiger partial charge in [0.1, 0.15) is 16.0 Å². The molecule has 0 unspecified atom stereocenters. The van der Waals surface area contributed by atoms with Gasteiger partial charge < -0.3 is 9.72 Å². The maximum atomic E-state index is 11.9. The molecule has 0 bridgehead atoms. The zero-order valence-corrected chi connectivity index (χ0v) is 13.2. The number of cyclic esters (lactones) is 1. The number of nitrogens with one attached hydrogen (secondary N) is 1. The fraction of sp³-hybridized carbons (Fsp3) is 0.0667. The van der Waals surface area contributed by atoms with Crippen LogP contribution >= 0.6 is 35.4 Å². The first-order chi connectivity index (χ1) is 9.95. The predicted molar refractivity (Wildman–Crippen MR) is 86.1 cm³/mol. The first-order valence-electron chi connectivity index (χ1n) is 6.09. The van der Waals surface area contributed by atoms with E-state index in [-0.39, 0.29) is 0 Å². The number of halogens is 2. The number of rotatable bonds is 1. The number of fused-ring (bicyclic) bond motifs is 1. The van der Waals surface area contributed by atoms with Crippen LogP contribution in [0.3, 0.4) is 0 Å². The lowest BCUT2D eigenvalue weighted by Crippen LogP contribution is -1.97. The van der Waals surface area contributed by atoms with Gasteiger partial charge in [0.15, 0.2) is 0 Å². The second-order valence-electron chi connectivity index (χ2n) is 4.63. The number of benzene rings is 1. The van der Waals surface area contributed by atoms with E-state index >= 15 is 0 Å². The molecule has 2 aromatic rings. The Hall–Kier alpha value is -1.62. The summed E-state index contributed by atoms with van der Waals surface area (Å²) in [5.74, 6) is -0.0231. The zero-order chi connectivity index (χ0) is 15.1. The van der Waals surface area contributed by atoms with Crippen molar-refractivity contribution in [2.75, 3.05) is 0 Å². The highest BCUT2D eigenvalue weighted by Gasteiger charge is 2.28. The van der Waals surface area contributed by atoms with Crippen molar-refractivity contribution in [1.82, 2.24) is 4.98 Å². The Bertz CT molecular complexity index is 855. The van der Waals surface area contributed by atoms with E-state index in [0.29, 0.717) is 37.1 Å². The Kier molecular flexibility index (Phi) is 3.61. The number of aromatic amines is 1. The van der Waals surface area contributed by atoms with Crippen LogP contribution in [0.15, 0.2) is 24.3 Å². The average Bonchev–Trinajstić information content (AvgIpc) is 2.69. The van der Waals surface area contributed by atoms with Gasteiger partial charge in [-0.25, -0.2) is 4.79 Å². The van der Waals surface area contributed by atoms with Crippen molar-refractivity contribution in [1.29, 1.82) is 0 Å². The third-order valence-corrected chi connectivity index (χ3v) is 3.96. The van der Waals surface area contributed by atoms with E-state index in [1.807, 2.05) is 13.0 Å². The molecular weight excluding hydrogens is 329 g/mol. The monoisotopic (exact) mass is 337 g/mol. The van der Waals surface area contributed by atoms with Crippen molar-refractivity contribution in [3.8, 4) is 0 Å². The van der Waals surface area contributed by atoms with E-state index in [9.17, 15) is 4.79 Å². The van der Waals surface area contributed by atoms with Crippen molar-refractivity contribution in [3.63, 3.8) is 0 Å². The number of hydrogen-bond acceptors (Lipinski definition) is 3. The van der Waals surface area contributed by atoms with E-state index in [0.717, 1.165) is 5.69 Å². The molecule has 21 heavy (non-hydrogen) atoms. The molecule has 106 valence electrons. The lowest BCUT2D eigenvalue weighted by molar-refractivity contribution is 0.0716. The fourth-order valence-corrected chi connectivity index (χ4v) is 2.98. The summed E-state index contributed by atoms with van der Waals surface area (Å²) >= 11 is 17.2. The van der Waals surface area contributed by atoms with Gasteiger partial charge in [-0.05, 0) is 36.8 Å². The SMILES string of the molecule is Cc1cc2c(c(=S)[nH]1)C(=O)O/C2=C\c1ccc(Cl)cc1Cl. The third-order valence-electron chi connectivity index (χ3n) is 3.09. The van der Waals surface area contributed by atoms with Crippen molar-refractivity contribution in [2.45, 2.75) is 6.92 Å². The average molecular weight is 338 g/mol. The number of carbonyl (C=O) groups excluding carboxylic acids is 1. The van der Waals surface area contributed by atoms with Gasteiger partial charge in [-0.15, -0.1) is 0 Å². The molecule has 0 spiro atoms. The van der Waals surface area contributed by atoms with E-state index in [1.165, 1.54) is 0 Å². The highest BCUT2D eigenvalue weighted by Crippen LogP contribution is 2.33. The second-order valence-corrected chi connectivity index (χ2v) is 5.89. The molecule has 0 amide bonds. The maximum absolute atomic E-state index is 11.9. The second kappa shape index (κ2) is 5.30. The molecule has 1 aromatic heterocycles. The largest absolute Gasteiger partial charge is 0.422 e. The maximum Gasteiger partial charge on any atom is 0.347 e. The summed E-state index contributed by atoms with van der Waals surface area (Å²) in [7, 11) is 0. The van der Waals surface area contributed by atoms with Crippen LogP contribution in [0.5, 0.6) is 0 Å². The number of hydrogen-bond donors (Lipinski definition) is 1. The summed E-state index contributed by atoms with van der Waals surface area (Å²) in [6.07, 6.45) is 1.70. The quantitative estimate of drug-likeness (QED) is 0.586. The predicted octanol–water partition coefficient (Wildman–Crippen LogP) is 5.03. The van der Waals surface area contributed by atoms with Crippen LogP contribution in [-0.2, 0) is 4.74 Å². The number of pyridine rings is 1. The van der Waals surface area contributed by atoms with Gasteiger partial charge in [0.25, 0.3) is 0 Å². The van der Waals surface area contributed by atoms with Crippen LogP contribution in [0.4, 0.5) is 0 Å². The summed E-state index contributed by atoms with van der Waals surface area (Å²) < 4.78 is 5.68. The van der Waals surface area contributed by atoms with Crippen LogP contribution in [0, 0.1) is 11.6 Å². The minimum atomic E-state index is -0.456. The number of esters is 1. The minimum absolute atomic E-state index is 0.376. The van der Waals surface area contributed by atoms with Crippen molar-refractivity contribution >= 4 is 53.2 Å². The number of ether oxygens (including phenoxy) is 1. The summed E-state index contributed by atoms with van der Waals surface area (Å²) in [5, 5.41) is 1.03. The first kappa shape index (κ1) is 14.3. The van der Waals surface area contributed by atoms with Gasteiger partial charge in [-0.2, -0.15) is 0 Å². The number of aryl methyl sites for hydroxylation is 1. The topological polar surface area (TPSA) is 42.1 Å². The first-order valence-corrected chi connectivity index (χ1v) is 7.25. The molecule has 1 aliphatic rings. The Morgan fingerprint density at radius 3 is 2.76 bits per heavy atom. The molecule has 1 aromatic carbocycles. The summed E-state index contributed by atoms with van der Waals surface area (Å²) in [4.78, 5) is 14.9. The van der Waals surface area contributed by atoms with Gasteiger partial charge in [0, 0.05) is 21.3 Å². The van der Waals surface area contributed by atoms with Crippen molar-refractivity contribution < 1.29 is 9.53 Å². The van der Waals surface area contributed by atoms with Gasteiger partial charge in [0.2, 0.25) is 0 Å². The summed E-state index contributed by atoms with van der Waals surface area (Å²) in [5.41, 5.74) is 2.62. The molecule has 0 saturated carbocycles. The molecular formula is C15H9Cl2NO2S. The Labute approximate surface area is 136 Å². The standard InChI is InChI=1S/C15H9Cl2NO2S/c1-7-4-10-12(20-15(19)13(10)14(21)18-7)5-8-2-3-9(16)6-11(8)17/h2-6H,1H3,(H,18,21)/b12-5-. The molecule has 6 heteroatoms. The Morgan fingerprint density at radius 2 is 2.05 bits per heavy atom. The van der Waals surface area contributed by atoms with Crippen LogP contribution in [0.25, 0.3) is 11.8 Å². The molecule has 0 atom stereocenters. The number of H-pyrrole nitrogens is 1. The van der Waals surface area contributed by atoms with Crippen LogP contribution in [0.2, 0.25) is 10.0 Å². The van der Waals surface area contributed by atoms with E-state index < -0.39 is 5.97 Å². The smallest absolute Gasteiger partial charge is 0.347 e. The minimum Gasteiger partial charge on any atom is -0.422 e. The van der Waals surface area contributed by atoms with Crippen LogP contribution < -0.4 is 0 Å². The van der Waals surface area contributed by atoms with Crippen LogP contribution in [-0.4, -0.2) is 11.0 Å². The molecule has 0 saturated heterocycles. The highest BCUT2D eigenvalue weighted by molar-refractivity contribution is 7.71. The number of aromatic nitrogens is 1. The molecule has 0 radical (unpaired) electrons. The van der Waals surface area contributed by atoms with E-state index in [1.54, 1.807) is 24.3 Å². The van der Waals surface area contributed by atoms with Gasteiger partial charge >= 0.3 is 5.97 Å². The highest BCUT2D eigenvalue weighted by atomic mass is 35.5. The van der Waals surface area contributed by atoms with E-state index in [4.69, 9.17) is 40.2 Å². The molecule has 3 nitrogen and oxygen atoms in total. The lowest BCUT2D eigenvalue weighted by Gasteiger charge is -2.03. The normalized spacial score (nSPS) is 15.2. The van der Waals surface area contributed by atoms with Crippen LogP contribution in [0.1, 0.15) is 27.2 Å². The van der Waals surface area contributed by atoms with E-state index in [2.05, 4.69) is 4.98 Å². The Morgan fingerprint density at radius 1 is 1.29 bits per heavy atom. The molecule has 2 heterocycles. The Balaban J connectivity index is 2.17. The molecule has 0 fully saturated rings. The van der Waals surface area contributed by atoms with Gasteiger partial charge in [0.05, 0.1) is 0 Å². The zero-order valence-electron chi connectivity index (χ0n) is 10.9. The third kappa shape index (κ3) is 2.62. The summed E-state index contributed by atoms with van der Waals surface area (Å²) in [6, 6.07) is 6.95. The molecule has 1 N–H and O–H groups in total. The molecule has 1 aliphatic heterocycles. The molecule has 0 aliphatic carbocycles. The van der Waals surface area contributed by atoms with Gasteiger partial charge in [-0.1, -0.05) is 41.5 Å². The summed E-state index contributed by atoms with van der Waals surface area (Å²) in [6.45, 7) is 1.87. The molecule has 3 rings (SSSR count).